The van der Waals surface area contributed by atoms with E-state index in [9.17, 15) is 4.79 Å². The first-order chi connectivity index (χ1) is 8.04. The van der Waals surface area contributed by atoms with Crippen molar-refractivity contribution < 1.29 is 4.79 Å². The van der Waals surface area contributed by atoms with Gasteiger partial charge in [-0.15, -0.1) is 0 Å². The van der Waals surface area contributed by atoms with E-state index in [4.69, 9.17) is 0 Å². The molecular formula is C13H19BrN2O. The maximum atomic E-state index is 12.0. The molecule has 0 radical (unpaired) electrons. The Labute approximate surface area is 111 Å². The second kappa shape index (κ2) is 6.77. The Balaban J connectivity index is 2.56. The lowest BCUT2D eigenvalue weighted by Crippen LogP contribution is -2.35. The molecule has 1 amide bonds. The van der Waals surface area contributed by atoms with Gasteiger partial charge in [0.25, 0.3) is 0 Å². The van der Waals surface area contributed by atoms with Gasteiger partial charge in [0.2, 0.25) is 5.91 Å². The predicted molar refractivity (Wildman–Crippen MR) is 73.7 cm³/mol. The number of rotatable bonds is 5. The lowest BCUT2D eigenvalue weighted by Gasteiger charge is -2.21. The number of nitrogens with zero attached hydrogens (tertiary/aromatic N) is 1. The van der Waals surface area contributed by atoms with Gasteiger partial charge in [-0.05, 0) is 24.7 Å². The number of hydrogen-bond acceptors (Lipinski definition) is 2. The highest BCUT2D eigenvalue weighted by Gasteiger charge is 2.16. The molecule has 1 aromatic rings. The zero-order valence-electron chi connectivity index (χ0n) is 10.5. The van der Waals surface area contributed by atoms with Crippen LogP contribution < -0.4 is 5.32 Å². The third-order valence-corrected chi connectivity index (χ3v) is 3.17. The Hall–Kier alpha value is -0.870. The minimum atomic E-state index is 0.0143. The summed E-state index contributed by atoms with van der Waals surface area (Å²) in [5.41, 5.74) is 1.14. The van der Waals surface area contributed by atoms with Crippen LogP contribution in [0, 0.1) is 5.92 Å². The molecule has 0 saturated heterocycles. The van der Waals surface area contributed by atoms with E-state index in [0.29, 0.717) is 13.1 Å². The molecule has 1 unspecified atom stereocenters. The summed E-state index contributed by atoms with van der Waals surface area (Å²) in [4.78, 5) is 13.7. The number of amides is 1. The van der Waals surface area contributed by atoms with Crippen LogP contribution in [0.2, 0.25) is 0 Å². The fraction of sp³-hybridized carbons (Fsp3) is 0.462. The van der Waals surface area contributed by atoms with Crippen molar-refractivity contribution in [1.29, 1.82) is 0 Å². The molecule has 0 fully saturated rings. The molecule has 1 aromatic carbocycles. The summed E-state index contributed by atoms with van der Waals surface area (Å²) in [7, 11) is 3.70. The van der Waals surface area contributed by atoms with Crippen LogP contribution in [-0.2, 0) is 11.3 Å². The minimum Gasteiger partial charge on any atom is -0.341 e. The summed E-state index contributed by atoms with van der Waals surface area (Å²) < 4.78 is 1.05. The largest absolute Gasteiger partial charge is 0.341 e. The molecule has 4 heteroatoms. The zero-order chi connectivity index (χ0) is 12.8. The number of benzene rings is 1. The average molecular weight is 299 g/mol. The van der Waals surface area contributed by atoms with Crippen LogP contribution in [0.4, 0.5) is 0 Å². The van der Waals surface area contributed by atoms with Crippen LogP contribution in [-0.4, -0.2) is 31.4 Å². The van der Waals surface area contributed by atoms with E-state index in [2.05, 4.69) is 21.2 Å². The quantitative estimate of drug-likeness (QED) is 0.904. The van der Waals surface area contributed by atoms with Gasteiger partial charge in [-0.1, -0.05) is 35.0 Å². The highest BCUT2D eigenvalue weighted by molar-refractivity contribution is 9.10. The normalized spacial score (nSPS) is 12.2. The fourth-order valence-corrected chi connectivity index (χ4v) is 1.98. The Bertz CT molecular complexity index is 364. The molecule has 3 nitrogen and oxygen atoms in total. The predicted octanol–water partition coefficient (Wildman–Crippen LogP) is 2.26. The Morgan fingerprint density at radius 1 is 1.41 bits per heavy atom. The van der Waals surface area contributed by atoms with Gasteiger partial charge in [0, 0.05) is 30.5 Å². The van der Waals surface area contributed by atoms with Crippen molar-refractivity contribution in [3.05, 3.63) is 34.3 Å². The van der Waals surface area contributed by atoms with Gasteiger partial charge >= 0.3 is 0 Å². The molecule has 0 aliphatic heterocycles. The molecule has 0 heterocycles. The van der Waals surface area contributed by atoms with Crippen molar-refractivity contribution in [2.75, 3.05) is 20.6 Å². The van der Waals surface area contributed by atoms with E-state index < -0.39 is 0 Å². The van der Waals surface area contributed by atoms with Crippen LogP contribution in [0.25, 0.3) is 0 Å². The zero-order valence-corrected chi connectivity index (χ0v) is 12.1. The third kappa shape index (κ3) is 4.48. The summed E-state index contributed by atoms with van der Waals surface area (Å²) in [6, 6.07) is 8.03. The van der Waals surface area contributed by atoms with Crippen LogP contribution in [0.1, 0.15) is 12.5 Å². The van der Waals surface area contributed by atoms with E-state index in [-0.39, 0.29) is 11.8 Å². The second-order valence-electron chi connectivity index (χ2n) is 4.28. The summed E-state index contributed by atoms with van der Waals surface area (Å²) in [6.45, 7) is 3.31. The van der Waals surface area contributed by atoms with E-state index >= 15 is 0 Å². The highest BCUT2D eigenvalue weighted by Crippen LogP contribution is 2.12. The van der Waals surface area contributed by atoms with Gasteiger partial charge in [0.1, 0.15) is 0 Å². The van der Waals surface area contributed by atoms with Gasteiger partial charge in [0.05, 0.1) is 0 Å². The van der Waals surface area contributed by atoms with Gasteiger partial charge in [-0.3, -0.25) is 4.79 Å². The number of nitrogens with one attached hydrogen (secondary N) is 1. The first-order valence-corrected chi connectivity index (χ1v) is 6.48. The van der Waals surface area contributed by atoms with Gasteiger partial charge in [-0.2, -0.15) is 0 Å². The lowest BCUT2D eigenvalue weighted by molar-refractivity contribution is -0.134. The van der Waals surface area contributed by atoms with Gasteiger partial charge in [-0.25, -0.2) is 0 Å². The first kappa shape index (κ1) is 14.2. The van der Waals surface area contributed by atoms with Crippen molar-refractivity contribution in [2.45, 2.75) is 13.5 Å². The van der Waals surface area contributed by atoms with Crippen molar-refractivity contribution >= 4 is 21.8 Å². The third-order valence-electron chi connectivity index (χ3n) is 2.64. The van der Waals surface area contributed by atoms with Gasteiger partial charge < -0.3 is 10.2 Å². The molecular weight excluding hydrogens is 280 g/mol. The molecule has 0 bridgehead atoms. The molecule has 17 heavy (non-hydrogen) atoms. The monoisotopic (exact) mass is 298 g/mol. The number of hydrogen-bond donors (Lipinski definition) is 1. The molecule has 0 aromatic heterocycles. The highest BCUT2D eigenvalue weighted by atomic mass is 79.9. The van der Waals surface area contributed by atoms with Crippen LogP contribution in [0.3, 0.4) is 0 Å². The van der Waals surface area contributed by atoms with E-state index in [1.54, 1.807) is 4.90 Å². The van der Waals surface area contributed by atoms with E-state index in [1.807, 2.05) is 45.3 Å². The topological polar surface area (TPSA) is 32.3 Å². The summed E-state index contributed by atoms with van der Waals surface area (Å²) in [5.74, 6) is 0.183. The Kier molecular flexibility index (Phi) is 5.65. The van der Waals surface area contributed by atoms with Crippen LogP contribution in [0.15, 0.2) is 28.7 Å². The Morgan fingerprint density at radius 2 is 2.00 bits per heavy atom. The summed E-state index contributed by atoms with van der Waals surface area (Å²) >= 11 is 3.40. The molecule has 0 aliphatic rings. The van der Waals surface area contributed by atoms with Gasteiger partial charge in [0.15, 0.2) is 0 Å². The molecule has 0 saturated carbocycles. The van der Waals surface area contributed by atoms with E-state index in [1.165, 1.54) is 0 Å². The second-order valence-corrected chi connectivity index (χ2v) is 5.20. The van der Waals surface area contributed by atoms with Crippen molar-refractivity contribution in [3.63, 3.8) is 0 Å². The number of carbonyl (C=O) groups excluding carboxylic acids is 1. The lowest BCUT2D eigenvalue weighted by atomic mass is 10.1. The number of carbonyl (C=O) groups is 1. The SMILES string of the molecule is CNCC(C)C(=O)N(C)Cc1ccc(Br)cc1. The number of halogens is 1. The molecule has 0 spiro atoms. The summed E-state index contributed by atoms with van der Waals surface area (Å²) in [5, 5.41) is 3.02. The smallest absolute Gasteiger partial charge is 0.226 e. The van der Waals surface area contributed by atoms with Crippen LogP contribution >= 0.6 is 15.9 Å². The Morgan fingerprint density at radius 3 is 2.53 bits per heavy atom. The van der Waals surface area contributed by atoms with Crippen molar-refractivity contribution in [2.24, 2.45) is 5.92 Å². The first-order valence-electron chi connectivity index (χ1n) is 5.68. The minimum absolute atomic E-state index is 0.0143. The molecule has 0 aliphatic carbocycles. The molecule has 1 atom stereocenters. The summed E-state index contributed by atoms with van der Waals surface area (Å²) in [6.07, 6.45) is 0. The maximum Gasteiger partial charge on any atom is 0.226 e. The van der Waals surface area contributed by atoms with Crippen molar-refractivity contribution in [3.8, 4) is 0 Å². The van der Waals surface area contributed by atoms with Crippen LogP contribution in [0.5, 0.6) is 0 Å². The van der Waals surface area contributed by atoms with E-state index in [0.717, 1.165) is 10.0 Å². The standard InChI is InChI=1S/C13H19BrN2O/c1-10(8-15-2)13(17)16(3)9-11-4-6-12(14)7-5-11/h4-7,10,15H,8-9H2,1-3H3. The maximum absolute atomic E-state index is 12.0. The molecule has 1 N–H and O–H groups in total. The molecule has 1 rings (SSSR count). The fourth-order valence-electron chi connectivity index (χ4n) is 1.71. The average Bonchev–Trinajstić information content (AvgIpc) is 2.31. The molecule has 94 valence electrons. The van der Waals surface area contributed by atoms with Crippen molar-refractivity contribution in [1.82, 2.24) is 10.2 Å².